The monoisotopic (exact) mass is 339 g/mol. The molecule has 0 radical (unpaired) electrons. The van der Waals surface area contributed by atoms with Crippen molar-refractivity contribution < 1.29 is 23.9 Å². The van der Waals surface area contributed by atoms with Gasteiger partial charge < -0.3 is 9.47 Å². The first kappa shape index (κ1) is 20.2. The SMILES string of the molecule is CC(C)/C=C1/C(=O)CN(C(=O)OC(C)(C)C)[C@@H]1C(=O)OCC(C)C. The maximum Gasteiger partial charge on any atom is 0.411 e. The van der Waals surface area contributed by atoms with Crippen LogP contribution in [0, 0.1) is 11.8 Å². The first-order chi connectivity index (χ1) is 10.9. The van der Waals surface area contributed by atoms with Gasteiger partial charge in [0, 0.05) is 5.57 Å². The van der Waals surface area contributed by atoms with E-state index in [1.807, 2.05) is 27.7 Å². The van der Waals surface area contributed by atoms with Gasteiger partial charge in [-0.15, -0.1) is 0 Å². The molecule has 0 N–H and O–H groups in total. The van der Waals surface area contributed by atoms with Crippen LogP contribution < -0.4 is 0 Å². The maximum atomic E-state index is 12.5. The normalized spacial score (nSPS) is 20.2. The molecular weight excluding hydrogens is 310 g/mol. The summed E-state index contributed by atoms with van der Waals surface area (Å²) in [5, 5.41) is 0. The molecule has 0 aromatic carbocycles. The minimum absolute atomic E-state index is 0.0722. The van der Waals surface area contributed by atoms with Crippen molar-refractivity contribution in [2.75, 3.05) is 13.2 Å². The molecule has 1 aliphatic rings. The van der Waals surface area contributed by atoms with Gasteiger partial charge >= 0.3 is 12.1 Å². The molecule has 1 rings (SSSR count). The molecule has 0 aromatic rings. The van der Waals surface area contributed by atoms with Gasteiger partial charge in [-0.05, 0) is 32.6 Å². The van der Waals surface area contributed by atoms with Crippen LogP contribution in [0.15, 0.2) is 11.6 Å². The third-order valence-corrected chi connectivity index (χ3v) is 3.17. The second-order valence-corrected chi connectivity index (χ2v) is 7.82. The number of allylic oxidation sites excluding steroid dienone is 1. The van der Waals surface area contributed by atoms with Crippen LogP contribution in [0.3, 0.4) is 0 Å². The lowest BCUT2D eigenvalue weighted by Crippen LogP contribution is -2.44. The third-order valence-electron chi connectivity index (χ3n) is 3.17. The Labute approximate surface area is 144 Å². The Morgan fingerprint density at radius 2 is 1.83 bits per heavy atom. The van der Waals surface area contributed by atoms with E-state index < -0.39 is 23.7 Å². The number of rotatable bonds is 4. The Bertz CT molecular complexity index is 528. The molecule has 136 valence electrons. The van der Waals surface area contributed by atoms with Gasteiger partial charge in [0.1, 0.15) is 5.60 Å². The number of nitrogens with zero attached hydrogens (tertiary/aromatic N) is 1. The van der Waals surface area contributed by atoms with Crippen LogP contribution in [-0.4, -0.2) is 47.5 Å². The number of ether oxygens (including phenoxy) is 2. The largest absolute Gasteiger partial charge is 0.464 e. The molecule has 1 saturated heterocycles. The van der Waals surface area contributed by atoms with Crippen molar-refractivity contribution in [2.45, 2.75) is 60.1 Å². The summed E-state index contributed by atoms with van der Waals surface area (Å²) in [6.07, 6.45) is 1.03. The van der Waals surface area contributed by atoms with Crippen molar-refractivity contribution in [3.8, 4) is 0 Å². The number of hydrogen-bond donors (Lipinski definition) is 0. The van der Waals surface area contributed by atoms with Crippen molar-refractivity contribution >= 4 is 17.8 Å². The molecule has 1 heterocycles. The predicted molar refractivity (Wildman–Crippen MR) is 90.5 cm³/mol. The fourth-order valence-corrected chi connectivity index (χ4v) is 2.27. The van der Waals surface area contributed by atoms with Gasteiger partial charge in [-0.25, -0.2) is 9.59 Å². The van der Waals surface area contributed by atoms with Gasteiger partial charge in [-0.2, -0.15) is 0 Å². The Hall–Kier alpha value is -1.85. The summed E-state index contributed by atoms with van der Waals surface area (Å²) in [5.41, 5.74) is -0.401. The smallest absolute Gasteiger partial charge is 0.411 e. The zero-order valence-electron chi connectivity index (χ0n) is 15.7. The van der Waals surface area contributed by atoms with Gasteiger partial charge in [0.15, 0.2) is 11.8 Å². The van der Waals surface area contributed by atoms with Crippen LogP contribution in [0.2, 0.25) is 0 Å². The summed E-state index contributed by atoms with van der Waals surface area (Å²) >= 11 is 0. The number of carbonyl (C=O) groups is 3. The molecule has 0 unspecified atom stereocenters. The average molecular weight is 339 g/mol. The highest BCUT2D eigenvalue weighted by molar-refractivity contribution is 6.09. The number of likely N-dealkylation sites (tertiary alicyclic amines) is 1. The molecule has 0 bridgehead atoms. The van der Waals surface area contributed by atoms with E-state index in [-0.39, 0.29) is 30.8 Å². The van der Waals surface area contributed by atoms with Crippen molar-refractivity contribution in [1.29, 1.82) is 0 Å². The quantitative estimate of drug-likeness (QED) is 0.581. The third kappa shape index (κ3) is 5.65. The van der Waals surface area contributed by atoms with Crippen molar-refractivity contribution in [3.05, 3.63) is 11.6 Å². The molecule has 24 heavy (non-hydrogen) atoms. The Morgan fingerprint density at radius 1 is 1.25 bits per heavy atom. The minimum atomic E-state index is -1.03. The molecule has 1 fully saturated rings. The molecule has 0 saturated carbocycles. The Balaban J connectivity index is 3.10. The summed E-state index contributed by atoms with van der Waals surface area (Å²) in [6.45, 7) is 12.9. The first-order valence-corrected chi connectivity index (χ1v) is 8.33. The number of amides is 1. The molecular formula is C18H29NO5. The number of esters is 1. The van der Waals surface area contributed by atoms with Gasteiger partial charge in [0.2, 0.25) is 0 Å². The molecule has 0 aliphatic carbocycles. The van der Waals surface area contributed by atoms with Crippen LogP contribution in [0.25, 0.3) is 0 Å². The van der Waals surface area contributed by atoms with Crippen LogP contribution in [-0.2, 0) is 19.1 Å². The van der Waals surface area contributed by atoms with E-state index in [0.717, 1.165) is 4.90 Å². The summed E-state index contributed by atoms with van der Waals surface area (Å²) in [5.74, 6) is -0.602. The van der Waals surface area contributed by atoms with Gasteiger partial charge in [-0.3, -0.25) is 9.69 Å². The molecule has 1 atom stereocenters. The molecule has 1 aliphatic heterocycles. The Morgan fingerprint density at radius 3 is 2.29 bits per heavy atom. The van der Waals surface area contributed by atoms with Crippen molar-refractivity contribution in [3.63, 3.8) is 0 Å². The van der Waals surface area contributed by atoms with Gasteiger partial charge in [0.25, 0.3) is 0 Å². The lowest BCUT2D eigenvalue weighted by Gasteiger charge is -2.27. The van der Waals surface area contributed by atoms with Crippen molar-refractivity contribution in [1.82, 2.24) is 4.90 Å². The summed E-state index contributed by atoms with van der Waals surface area (Å²) < 4.78 is 10.6. The summed E-state index contributed by atoms with van der Waals surface area (Å²) in [6, 6.07) is -1.03. The second-order valence-electron chi connectivity index (χ2n) is 7.82. The summed E-state index contributed by atoms with van der Waals surface area (Å²) in [7, 11) is 0. The molecule has 0 spiro atoms. The highest BCUT2D eigenvalue weighted by atomic mass is 16.6. The van der Waals surface area contributed by atoms with E-state index in [0.29, 0.717) is 5.57 Å². The lowest BCUT2D eigenvalue weighted by atomic mass is 10.0. The average Bonchev–Trinajstić information content (AvgIpc) is 2.71. The van der Waals surface area contributed by atoms with E-state index >= 15 is 0 Å². The maximum absolute atomic E-state index is 12.5. The van der Waals surface area contributed by atoms with Gasteiger partial charge in [-0.1, -0.05) is 33.8 Å². The van der Waals surface area contributed by atoms with Crippen molar-refractivity contribution in [2.24, 2.45) is 11.8 Å². The van der Waals surface area contributed by atoms with Crippen LogP contribution in [0.5, 0.6) is 0 Å². The molecule has 6 heteroatoms. The fraction of sp³-hybridized carbons (Fsp3) is 0.722. The molecule has 0 aromatic heterocycles. The van der Waals surface area contributed by atoms with Crippen LogP contribution in [0.1, 0.15) is 48.5 Å². The van der Waals surface area contributed by atoms with Crippen LogP contribution >= 0.6 is 0 Å². The van der Waals surface area contributed by atoms with Gasteiger partial charge in [0.05, 0.1) is 13.2 Å². The molecule has 1 amide bonds. The predicted octanol–water partition coefficient (Wildman–Crippen LogP) is 2.96. The fourth-order valence-electron chi connectivity index (χ4n) is 2.27. The number of ketones is 1. The van der Waals surface area contributed by atoms with E-state index in [2.05, 4.69) is 0 Å². The van der Waals surface area contributed by atoms with E-state index in [9.17, 15) is 14.4 Å². The first-order valence-electron chi connectivity index (χ1n) is 8.33. The number of Topliss-reactive ketones (excluding diaryl/α,β-unsaturated/α-hetero) is 1. The zero-order valence-corrected chi connectivity index (χ0v) is 15.7. The highest BCUT2D eigenvalue weighted by Crippen LogP contribution is 2.26. The molecule has 6 nitrogen and oxygen atoms in total. The van der Waals surface area contributed by atoms with E-state index in [1.54, 1.807) is 26.8 Å². The minimum Gasteiger partial charge on any atom is -0.464 e. The zero-order chi connectivity index (χ0) is 18.7. The summed E-state index contributed by atoms with van der Waals surface area (Å²) in [4.78, 5) is 38.4. The van der Waals surface area contributed by atoms with Crippen LogP contribution in [0.4, 0.5) is 4.79 Å². The van der Waals surface area contributed by atoms with E-state index in [4.69, 9.17) is 9.47 Å². The van der Waals surface area contributed by atoms with E-state index in [1.165, 1.54) is 0 Å². The second kappa shape index (κ2) is 7.81. The lowest BCUT2D eigenvalue weighted by molar-refractivity contribution is -0.148. The Kier molecular flexibility index (Phi) is 6.58. The number of hydrogen-bond acceptors (Lipinski definition) is 5. The standard InChI is InChI=1S/C18H29NO5/c1-11(2)8-13-14(20)9-19(17(22)24-18(5,6)7)15(13)16(21)23-10-12(3)4/h8,11-12,15H,9-10H2,1-7H3/b13-8-/t15-/m0/s1. The highest BCUT2D eigenvalue weighted by Gasteiger charge is 2.45. The topological polar surface area (TPSA) is 72.9 Å². The number of carbonyl (C=O) groups excluding carboxylic acids is 3.